The molecule has 2 unspecified atom stereocenters. The van der Waals surface area contributed by atoms with Crippen LogP contribution in [0.3, 0.4) is 0 Å². The van der Waals surface area contributed by atoms with Gasteiger partial charge in [-0.25, -0.2) is 0 Å². The zero-order valence-corrected chi connectivity index (χ0v) is 6.21. The van der Waals surface area contributed by atoms with E-state index in [4.69, 9.17) is 5.11 Å². The van der Waals surface area contributed by atoms with E-state index in [1.807, 2.05) is 6.08 Å². The molecule has 2 aliphatic rings. The van der Waals surface area contributed by atoms with Crippen molar-refractivity contribution in [2.24, 2.45) is 0 Å². The van der Waals surface area contributed by atoms with Crippen molar-refractivity contribution in [2.75, 3.05) is 0 Å². The average molecular weight is 153 g/mol. The summed E-state index contributed by atoms with van der Waals surface area (Å²) < 4.78 is 0. The van der Waals surface area contributed by atoms with E-state index < -0.39 is 12.0 Å². The second kappa shape index (κ2) is 2.34. The molecule has 0 aromatic carbocycles. The Bertz CT molecular complexity index is 222. The molecule has 2 N–H and O–H groups in total. The topological polar surface area (TPSA) is 49.3 Å². The quantitative estimate of drug-likeness (QED) is 0.540. The lowest BCUT2D eigenvalue weighted by atomic mass is 10.2. The third-order valence-electron chi connectivity index (χ3n) is 2.43. The number of aliphatic carboxylic acids is 1. The van der Waals surface area contributed by atoms with Crippen molar-refractivity contribution in [3.8, 4) is 0 Å². The van der Waals surface area contributed by atoms with Crippen LogP contribution >= 0.6 is 0 Å². The maximum atomic E-state index is 10.5. The average Bonchev–Trinajstić information content (AvgIpc) is 2.40. The molecule has 0 aromatic heterocycles. The van der Waals surface area contributed by atoms with Crippen molar-refractivity contribution >= 4 is 5.97 Å². The smallest absolute Gasteiger partial charge is 0.324 e. The first-order chi connectivity index (χ1) is 5.27. The van der Waals surface area contributed by atoms with Gasteiger partial charge in [0.2, 0.25) is 0 Å². The van der Waals surface area contributed by atoms with Crippen LogP contribution in [0, 0.1) is 0 Å². The number of fused-ring (bicyclic) bond motifs is 1. The summed E-state index contributed by atoms with van der Waals surface area (Å²) in [7, 11) is 0. The minimum Gasteiger partial charge on any atom is -0.480 e. The summed E-state index contributed by atoms with van der Waals surface area (Å²) >= 11 is 0. The third kappa shape index (κ3) is 1.05. The molecule has 1 aliphatic carbocycles. The molecule has 0 radical (unpaired) electrons. The lowest BCUT2D eigenvalue weighted by Gasteiger charge is -2.07. The maximum absolute atomic E-state index is 10.5. The zero-order valence-electron chi connectivity index (χ0n) is 6.21. The molecule has 60 valence electrons. The fourth-order valence-electron chi connectivity index (χ4n) is 1.88. The fraction of sp³-hybridized carbons (Fsp3) is 0.625. The van der Waals surface area contributed by atoms with Gasteiger partial charge in [0.1, 0.15) is 6.04 Å². The molecule has 1 saturated carbocycles. The van der Waals surface area contributed by atoms with Crippen molar-refractivity contribution < 1.29 is 9.90 Å². The van der Waals surface area contributed by atoms with Crippen molar-refractivity contribution in [3.63, 3.8) is 0 Å². The van der Waals surface area contributed by atoms with E-state index in [-0.39, 0.29) is 0 Å². The summed E-state index contributed by atoms with van der Waals surface area (Å²) in [6, 6.07) is -0.0496. The van der Waals surface area contributed by atoms with E-state index in [1.54, 1.807) is 0 Å². The lowest BCUT2D eigenvalue weighted by Crippen LogP contribution is -2.35. The minimum atomic E-state index is -0.757. The number of carboxylic acid groups (broad SMARTS) is 1. The Labute approximate surface area is 65.1 Å². The molecular formula is C8H11NO2. The minimum absolute atomic E-state index is 0.371. The Morgan fingerprint density at radius 3 is 3.18 bits per heavy atom. The fourth-order valence-corrected chi connectivity index (χ4v) is 1.88. The van der Waals surface area contributed by atoms with Crippen LogP contribution in [0.25, 0.3) is 0 Å². The van der Waals surface area contributed by atoms with Crippen LogP contribution in [-0.4, -0.2) is 23.2 Å². The first kappa shape index (κ1) is 6.85. The van der Waals surface area contributed by atoms with E-state index in [9.17, 15) is 4.79 Å². The molecule has 3 nitrogen and oxygen atoms in total. The van der Waals surface area contributed by atoms with Crippen molar-refractivity contribution in [3.05, 3.63) is 11.6 Å². The van der Waals surface area contributed by atoms with Crippen molar-refractivity contribution in [1.82, 2.24) is 5.32 Å². The summed E-state index contributed by atoms with van der Waals surface area (Å²) in [6.45, 7) is 0. The summed E-state index contributed by atoms with van der Waals surface area (Å²) in [4.78, 5) is 10.5. The summed E-state index contributed by atoms with van der Waals surface area (Å²) in [5, 5.41) is 11.7. The Balaban J connectivity index is 2.13. The van der Waals surface area contributed by atoms with Gasteiger partial charge in [0.15, 0.2) is 0 Å². The third-order valence-corrected chi connectivity index (χ3v) is 2.43. The van der Waals surface area contributed by atoms with Gasteiger partial charge in [-0.15, -0.1) is 0 Å². The van der Waals surface area contributed by atoms with E-state index in [2.05, 4.69) is 5.32 Å². The van der Waals surface area contributed by atoms with Crippen LogP contribution in [0.2, 0.25) is 0 Å². The molecule has 1 heterocycles. The van der Waals surface area contributed by atoms with Gasteiger partial charge in [-0.2, -0.15) is 0 Å². The number of carboxylic acids is 1. The van der Waals surface area contributed by atoms with Crippen molar-refractivity contribution in [2.45, 2.75) is 31.3 Å². The van der Waals surface area contributed by atoms with Gasteiger partial charge >= 0.3 is 5.97 Å². The number of rotatable bonds is 1. The van der Waals surface area contributed by atoms with E-state index in [0.717, 1.165) is 12.8 Å². The zero-order chi connectivity index (χ0) is 7.84. The molecule has 0 bridgehead atoms. The highest BCUT2D eigenvalue weighted by Gasteiger charge is 2.32. The maximum Gasteiger partial charge on any atom is 0.324 e. The Hall–Kier alpha value is -0.830. The molecule has 2 rings (SSSR count). The van der Waals surface area contributed by atoms with Gasteiger partial charge in [0.25, 0.3) is 0 Å². The van der Waals surface area contributed by atoms with Crippen LogP contribution in [0.1, 0.15) is 19.3 Å². The van der Waals surface area contributed by atoms with Crippen LogP contribution < -0.4 is 5.32 Å². The monoisotopic (exact) mass is 153 g/mol. The molecule has 3 heteroatoms. The molecular weight excluding hydrogens is 142 g/mol. The van der Waals surface area contributed by atoms with E-state index in [1.165, 1.54) is 12.0 Å². The first-order valence-electron chi connectivity index (χ1n) is 3.97. The Kier molecular flexibility index (Phi) is 1.46. The number of carbonyl (C=O) groups is 1. The molecule has 2 atom stereocenters. The Morgan fingerprint density at radius 1 is 1.73 bits per heavy atom. The SMILES string of the molecule is O=C(O)C1C=C2CCCC2N1. The number of hydrogen-bond acceptors (Lipinski definition) is 2. The van der Waals surface area contributed by atoms with Crippen LogP contribution in [-0.2, 0) is 4.79 Å². The molecule has 0 saturated heterocycles. The summed E-state index contributed by atoms with van der Waals surface area (Å²) in [6.07, 6.45) is 5.26. The van der Waals surface area contributed by atoms with E-state index >= 15 is 0 Å². The predicted molar refractivity (Wildman–Crippen MR) is 40.3 cm³/mol. The van der Waals surface area contributed by atoms with Gasteiger partial charge in [-0.05, 0) is 19.3 Å². The lowest BCUT2D eigenvalue weighted by molar-refractivity contribution is -0.138. The van der Waals surface area contributed by atoms with Gasteiger partial charge in [0, 0.05) is 6.04 Å². The first-order valence-corrected chi connectivity index (χ1v) is 3.97. The Morgan fingerprint density at radius 2 is 2.55 bits per heavy atom. The molecule has 0 aromatic rings. The highest BCUT2D eigenvalue weighted by Crippen LogP contribution is 2.29. The van der Waals surface area contributed by atoms with Crippen LogP contribution in [0.4, 0.5) is 0 Å². The van der Waals surface area contributed by atoms with Crippen LogP contribution in [0.15, 0.2) is 11.6 Å². The molecule has 1 aliphatic heterocycles. The highest BCUT2D eigenvalue weighted by atomic mass is 16.4. The van der Waals surface area contributed by atoms with E-state index in [0.29, 0.717) is 6.04 Å². The normalized spacial score (nSPS) is 35.1. The summed E-state index contributed by atoms with van der Waals surface area (Å²) in [5.74, 6) is -0.757. The van der Waals surface area contributed by atoms with Gasteiger partial charge in [-0.1, -0.05) is 11.6 Å². The predicted octanol–water partition coefficient (Wildman–Crippen LogP) is 0.522. The molecule has 11 heavy (non-hydrogen) atoms. The van der Waals surface area contributed by atoms with Gasteiger partial charge in [-0.3, -0.25) is 10.1 Å². The standard InChI is InChI=1S/C8H11NO2/c10-8(11)7-4-5-2-1-3-6(5)9-7/h4,6-7,9H,1-3H2,(H,10,11). The summed E-state index contributed by atoms with van der Waals surface area (Å²) in [5.41, 5.74) is 1.30. The second-order valence-corrected chi connectivity index (χ2v) is 3.17. The molecule has 0 amide bonds. The highest BCUT2D eigenvalue weighted by molar-refractivity contribution is 5.77. The molecule has 0 spiro atoms. The largest absolute Gasteiger partial charge is 0.480 e. The van der Waals surface area contributed by atoms with Gasteiger partial charge in [0.05, 0.1) is 0 Å². The second-order valence-electron chi connectivity index (χ2n) is 3.17. The number of nitrogens with one attached hydrogen (secondary N) is 1. The van der Waals surface area contributed by atoms with Crippen LogP contribution in [0.5, 0.6) is 0 Å². The van der Waals surface area contributed by atoms with Crippen molar-refractivity contribution in [1.29, 1.82) is 0 Å². The van der Waals surface area contributed by atoms with Gasteiger partial charge < -0.3 is 5.11 Å². The molecule has 1 fully saturated rings. The number of hydrogen-bond donors (Lipinski definition) is 2.